The maximum Gasteiger partial charge on any atom is 0.317 e. The van der Waals surface area contributed by atoms with Crippen LogP contribution < -0.4 is 10.1 Å². The maximum absolute atomic E-state index is 11.8. The molecule has 20 heavy (non-hydrogen) atoms. The number of nitrogens with one attached hydrogen (secondary N) is 1. The van der Waals surface area contributed by atoms with Crippen LogP contribution in [0.5, 0.6) is 5.75 Å². The maximum atomic E-state index is 11.8. The first-order valence-electron chi connectivity index (χ1n) is 6.27. The molecule has 2 amide bonds. The van der Waals surface area contributed by atoms with Crippen LogP contribution in [-0.2, 0) is 11.3 Å². The molecule has 0 unspecified atom stereocenters. The topological polar surface area (TPSA) is 78.9 Å². The Hall–Kier alpha value is -2.24. The van der Waals surface area contributed by atoms with Crippen LogP contribution in [0.3, 0.4) is 0 Å². The zero-order chi connectivity index (χ0) is 15.1. The number of aryl methyl sites for hydroxylation is 1. The Morgan fingerprint density at radius 3 is 2.65 bits per heavy atom. The highest BCUT2D eigenvalue weighted by molar-refractivity contribution is 5.75. The van der Waals surface area contributed by atoms with Gasteiger partial charge >= 0.3 is 12.0 Å². The number of carbonyl (C=O) groups is 2. The lowest BCUT2D eigenvalue weighted by Gasteiger charge is -2.17. The van der Waals surface area contributed by atoms with Gasteiger partial charge in [-0.05, 0) is 30.2 Å². The SMILES string of the molecule is COc1cc(C)cc(CNC(=O)N(C)CCC(=O)O)c1. The van der Waals surface area contributed by atoms with Crippen molar-refractivity contribution in [2.75, 3.05) is 20.7 Å². The minimum atomic E-state index is -0.923. The van der Waals surface area contributed by atoms with E-state index in [0.29, 0.717) is 6.54 Å². The molecule has 0 aliphatic carbocycles. The van der Waals surface area contributed by atoms with Crippen LogP contribution in [0.15, 0.2) is 18.2 Å². The Bertz CT molecular complexity index is 488. The van der Waals surface area contributed by atoms with E-state index in [1.165, 1.54) is 4.90 Å². The van der Waals surface area contributed by atoms with Gasteiger partial charge in [-0.2, -0.15) is 0 Å². The van der Waals surface area contributed by atoms with Crippen molar-refractivity contribution in [1.29, 1.82) is 0 Å². The van der Waals surface area contributed by atoms with Crippen LogP contribution in [0.25, 0.3) is 0 Å². The third-order valence-corrected chi connectivity index (χ3v) is 2.80. The van der Waals surface area contributed by atoms with Crippen molar-refractivity contribution in [2.24, 2.45) is 0 Å². The predicted molar refractivity (Wildman–Crippen MR) is 74.8 cm³/mol. The zero-order valence-electron chi connectivity index (χ0n) is 12.0. The van der Waals surface area contributed by atoms with Crippen molar-refractivity contribution in [2.45, 2.75) is 19.9 Å². The Morgan fingerprint density at radius 2 is 2.05 bits per heavy atom. The van der Waals surface area contributed by atoms with Gasteiger partial charge in [0.25, 0.3) is 0 Å². The second-order valence-corrected chi connectivity index (χ2v) is 4.58. The van der Waals surface area contributed by atoms with Gasteiger partial charge in [0.15, 0.2) is 0 Å². The van der Waals surface area contributed by atoms with Crippen molar-refractivity contribution in [3.05, 3.63) is 29.3 Å². The highest BCUT2D eigenvalue weighted by atomic mass is 16.5. The van der Waals surface area contributed by atoms with Gasteiger partial charge in [-0.1, -0.05) is 6.07 Å². The third kappa shape index (κ3) is 5.17. The Morgan fingerprint density at radius 1 is 1.35 bits per heavy atom. The molecule has 0 spiro atoms. The molecular formula is C14H20N2O4. The molecule has 0 radical (unpaired) electrons. The molecule has 0 heterocycles. The average molecular weight is 280 g/mol. The highest BCUT2D eigenvalue weighted by Crippen LogP contribution is 2.16. The Kier molecular flexibility index (Phi) is 5.83. The first kappa shape index (κ1) is 15.8. The molecule has 110 valence electrons. The number of methoxy groups -OCH3 is 1. The molecule has 2 N–H and O–H groups in total. The molecule has 0 saturated heterocycles. The number of rotatable bonds is 6. The molecule has 6 nitrogen and oxygen atoms in total. The van der Waals surface area contributed by atoms with E-state index < -0.39 is 5.97 Å². The zero-order valence-corrected chi connectivity index (χ0v) is 12.0. The minimum absolute atomic E-state index is 0.0673. The monoisotopic (exact) mass is 280 g/mol. The standard InChI is InChI=1S/C14H20N2O4/c1-10-6-11(8-12(7-10)20-3)9-15-14(19)16(2)5-4-13(17)18/h6-8H,4-5,9H2,1-3H3,(H,15,19)(H,17,18). The molecule has 0 atom stereocenters. The summed E-state index contributed by atoms with van der Waals surface area (Å²) in [6, 6.07) is 5.42. The number of nitrogens with zero attached hydrogens (tertiary/aromatic N) is 1. The van der Waals surface area contributed by atoms with Crippen LogP contribution in [-0.4, -0.2) is 42.7 Å². The summed E-state index contributed by atoms with van der Waals surface area (Å²) in [7, 11) is 3.16. The Balaban J connectivity index is 2.52. The van der Waals surface area contributed by atoms with Gasteiger partial charge in [0, 0.05) is 20.1 Å². The summed E-state index contributed by atoms with van der Waals surface area (Å²) in [5.41, 5.74) is 1.98. The summed E-state index contributed by atoms with van der Waals surface area (Å²) in [6.45, 7) is 2.50. The smallest absolute Gasteiger partial charge is 0.317 e. The summed E-state index contributed by atoms with van der Waals surface area (Å²) >= 11 is 0. The molecule has 0 bridgehead atoms. The van der Waals surface area contributed by atoms with Crippen LogP contribution in [0.1, 0.15) is 17.5 Å². The average Bonchev–Trinajstić information content (AvgIpc) is 2.41. The molecule has 6 heteroatoms. The number of carboxylic acid groups (broad SMARTS) is 1. The number of carbonyl (C=O) groups excluding carboxylic acids is 1. The molecule has 0 aromatic heterocycles. The largest absolute Gasteiger partial charge is 0.497 e. The quantitative estimate of drug-likeness (QED) is 0.830. The van der Waals surface area contributed by atoms with Crippen LogP contribution in [0.2, 0.25) is 0 Å². The molecule has 0 fully saturated rings. The Labute approximate surface area is 118 Å². The van der Waals surface area contributed by atoms with Crippen molar-refractivity contribution in [3.63, 3.8) is 0 Å². The van der Waals surface area contributed by atoms with Crippen LogP contribution >= 0.6 is 0 Å². The van der Waals surface area contributed by atoms with E-state index in [9.17, 15) is 9.59 Å². The molecule has 0 aliphatic heterocycles. The number of urea groups is 1. The number of hydrogen-bond acceptors (Lipinski definition) is 3. The summed E-state index contributed by atoms with van der Waals surface area (Å²) < 4.78 is 5.17. The number of carboxylic acids is 1. The second kappa shape index (κ2) is 7.37. The molecule has 1 rings (SSSR count). The first-order chi connectivity index (χ1) is 9.42. The molecule has 0 saturated carbocycles. The van der Waals surface area contributed by atoms with Crippen molar-refractivity contribution >= 4 is 12.0 Å². The second-order valence-electron chi connectivity index (χ2n) is 4.58. The van der Waals surface area contributed by atoms with Gasteiger partial charge in [0.2, 0.25) is 0 Å². The van der Waals surface area contributed by atoms with E-state index >= 15 is 0 Å². The summed E-state index contributed by atoms with van der Waals surface area (Å²) in [4.78, 5) is 23.5. The number of hydrogen-bond donors (Lipinski definition) is 2. The van der Waals surface area contributed by atoms with E-state index in [2.05, 4.69) is 5.32 Å². The molecular weight excluding hydrogens is 260 g/mol. The van der Waals surface area contributed by atoms with E-state index in [1.807, 2.05) is 25.1 Å². The fourth-order valence-corrected chi connectivity index (χ4v) is 1.72. The number of aliphatic carboxylic acids is 1. The summed E-state index contributed by atoms with van der Waals surface area (Å²) in [5, 5.41) is 11.3. The molecule has 1 aromatic rings. The normalized spacial score (nSPS) is 9.95. The lowest BCUT2D eigenvalue weighted by molar-refractivity contribution is -0.137. The number of ether oxygens (including phenoxy) is 1. The van der Waals surface area contributed by atoms with E-state index in [1.54, 1.807) is 14.2 Å². The van der Waals surface area contributed by atoms with Gasteiger partial charge in [0.05, 0.1) is 13.5 Å². The van der Waals surface area contributed by atoms with E-state index in [-0.39, 0.29) is 19.0 Å². The van der Waals surface area contributed by atoms with Crippen molar-refractivity contribution < 1.29 is 19.4 Å². The van der Waals surface area contributed by atoms with Crippen molar-refractivity contribution in [3.8, 4) is 5.75 Å². The summed E-state index contributed by atoms with van der Waals surface area (Å²) in [5.74, 6) is -0.179. The fourth-order valence-electron chi connectivity index (χ4n) is 1.72. The van der Waals surface area contributed by atoms with E-state index in [4.69, 9.17) is 9.84 Å². The van der Waals surface area contributed by atoms with Crippen LogP contribution in [0.4, 0.5) is 4.79 Å². The van der Waals surface area contributed by atoms with Gasteiger partial charge in [-0.15, -0.1) is 0 Å². The van der Waals surface area contributed by atoms with Gasteiger partial charge in [-0.3, -0.25) is 4.79 Å². The van der Waals surface area contributed by atoms with E-state index in [0.717, 1.165) is 16.9 Å². The summed E-state index contributed by atoms with van der Waals surface area (Å²) in [6.07, 6.45) is -0.0673. The lowest BCUT2D eigenvalue weighted by Crippen LogP contribution is -2.38. The predicted octanol–water partition coefficient (Wildman–Crippen LogP) is 1.62. The fraction of sp³-hybridized carbons (Fsp3) is 0.429. The number of benzene rings is 1. The minimum Gasteiger partial charge on any atom is -0.497 e. The number of amides is 2. The molecule has 0 aliphatic rings. The van der Waals surface area contributed by atoms with Gasteiger partial charge < -0.3 is 20.1 Å². The lowest BCUT2D eigenvalue weighted by atomic mass is 10.1. The third-order valence-electron chi connectivity index (χ3n) is 2.80. The van der Waals surface area contributed by atoms with Gasteiger partial charge in [-0.25, -0.2) is 4.79 Å². The first-order valence-corrected chi connectivity index (χ1v) is 6.27. The van der Waals surface area contributed by atoms with Crippen LogP contribution in [0, 0.1) is 6.92 Å². The van der Waals surface area contributed by atoms with Crippen molar-refractivity contribution in [1.82, 2.24) is 10.2 Å². The molecule has 1 aromatic carbocycles. The van der Waals surface area contributed by atoms with Gasteiger partial charge in [0.1, 0.15) is 5.75 Å². The highest BCUT2D eigenvalue weighted by Gasteiger charge is 2.10.